The summed E-state index contributed by atoms with van der Waals surface area (Å²) in [4.78, 5) is 0. The van der Waals surface area contributed by atoms with E-state index in [-0.39, 0.29) is 5.84 Å². The number of allylic oxidation sites excluding steroid dienone is 1. The average molecular weight is 892 g/mol. The fourth-order valence-corrected chi connectivity index (χ4v) is 9.70. The van der Waals surface area contributed by atoms with Crippen molar-refractivity contribution in [1.82, 2.24) is 14.5 Å². The van der Waals surface area contributed by atoms with Crippen molar-refractivity contribution in [2.45, 2.75) is 20.0 Å². The molecule has 0 bridgehead atoms. The zero-order chi connectivity index (χ0) is 47.1. The number of hydrogen-bond acceptors (Lipinski definition) is 2. The van der Waals surface area contributed by atoms with Gasteiger partial charge in [0.25, 0.3) is 0 Å². The zero-order valence-electron chi connectivity index (χ0n) is 38.7. The smallest absolute Gasteiger partial charge is 0.122 e. The van der Waals surface area contributed by atoms with Crippen LogP contribution in [-0.2, 0) is 13.1 Å². The maximum atomic E-state index is 7.01. The first kappa shape index (κ1) is 44.1. The van der Waals surface area contributed by atoms with Crippen LogP contribution in [0.5, 0.6) is 0 Å². The first-order valence-electron chi connectivity index (χ1n) is 23.5. The third-order valence-corrected chi connectivity index (χ3v) is 12.6. The fourth-order valence-electron chi connectivity index (χ4n) is 9.70. The molecule has 0 radical (unpaired) electrons. The zero-order valence-corrected chi connectivity index (χ0v) is 38.7. The highest BCUT2D eigenvalue weighted by Gasteiger charge is 2.32. The number of nitrogen functional groups attached to an aromatic ring is 1. The monoisotopic (exact) mass is 891 g/mol. The molecule has 0 saturated heterocycles. The first-order chi connectivity index (χ1) is 34.0. The van der Waals surface area contributed by atoms with E-state index >= 15 is 0 Å². The summed E-state index contributed by atoms with van der Waals surface area (Å²) in [6, 6.07) is 84.6. The summed E-state index contributed by atoms with van der Waals surface area (Å²) in [7, 11) is 0. The van der Waals surface area contributed by atoms with Crippen molar-refractivity contribution >= 4 is 27.6 Å². The molecule has 0 atom stereocenters. The minimum absolute atomic E-state index is 0.121. The van der Waals surface area contributed by atoms with Gasteiger partial charge in [-0.2, -0.15) is 0 Å². The summed E-state index contributed by atoms with van der Waals surface area (Å²) in [6.07, 6.45) is 1.75. The minimum atomic E-state index is 0.121. The molecule has 2 aromatic heterocycles. The van der Waals surface area contributed by atoms with Gasteiger partial charge in [0.15, 0.2) is 0 Å². The quantitative estimate of drug-likeness (QED) is 0.0808. The van der Waals surface area contributed by atoms with Gasteiger partial charge in [-0.3, -0.25) is 5.41 Å². The van der Waals surface area contributed by atoms with Crippen molar-refractivity contribution in [3.05, 3.63) is 266 Å². The Balaban J connectivity index is 0.000000409. The van der Waals surface area contributed by atoms with Crippen LogP contribution < -0.4 is 11.1 Å². The van der Waals surface area contributed by atoms with Crippen LogP contribution in [0.3, 0.4) is 0 Å². The molecule has 4 N–H and O–H groups in total. The number of benzene rings is 9. The second-order valence-corrected chi connectivity index (χ2v) is 17.1. The number of amidine groups is 1. The molecule has 0 saturated carbocycles. The molecule has 0 spiro atoms. The van der Waals surface area contributed by atoms with Crippen LogP contribution in [0, 0.1) is 5.41 Å². The summed E-state index contributed by atoms with van der Waals surface area (Å²) in [5, 5.41) is 13.1. The topological polar surface area (TPSA) is 71.8 Å². The second-order valence-electron chi connectivity index (χ2n) is 17.1. The Hall–Kier alpha value is -8.77. The number of nitrogens with two attached hydrogens (primary N) is 1. The van der Waals surface area contributed by atoms with E-state index in [4.69, 9.17) is 11.1 Å². The molecule has 9 aromatic carbocycles. The molecule has 0 unspecified atom stereocenters. The molecule has 0 aliphatic heterocycles. The SMILES string of the molecule is C=CC.N=C(N)c1ccccc1.c1ccc(CNCc2cccc(-c3ccc4c(c3)-c3c(n(-c5ccccc5)c5ccccc35)-c3ccccc3-c3c-4n(-c4ccccc4)c4ccccc34)c2)cc1. The lowest BCUT2D eigenvalue weighted by molar-refractivity contribution is 0.693. The van der Waals surface area contributed by atoms with Crippen molar-refractivity contribution in [3.8, 4) is 67.3 Å². The molecule has 5 heteroatoms. The highest BCUT2D eigenvalue weighted by atomic mass is 15.0. The Labute approximate surface area is 404 Å². The van der Waals surface area contributed by atoms with Crippen LogP contribution in [0.25, 0.3) is 89.1 Å². The minimum Gasteiger partial charge on any atom is -0.384 e. The van der Waals surface area contributed by atoms with Gasteiger partial charge in [0.2, 0.25) is 0 Å². The number of fused-ring (bicyclic) bond motifs is 12. The molecular formula is C64H53N5. The molecule has 5 nitrogen and oxygen atoms in total. The Morgan fingerprint density at radius 1 is 0.464 bits per heavy atom. The van der Waals surface area contributed by atoms with Gasteiger partial charge in [0.1, 0.15) is 5.84 Å². The number of nitrogens with one attached hydrogen (secondary N) is 2. The van der Waals surface area contributed by atoms with Crippen molar-refractivity contribution < 1.29 is 0 Å². The Morgan fingerprint density at radius 2 is 0.899 bits per heavy atom. The third kappa shape index (κ3) is 8.71. The summed E-state index contributed by atoms with van der Waals surface area (Å²) >= 11 is 0. The van der Waals surface area contributed by atoms with Crippen LogP contribution in [0.15, 0.2) is 249 Å². The number of hydrogen-bond donors (Lipinski definition) is 3. The molecule has 0 amide bonds. The van der Waals surface area contributed by atoms with Gasteiger partial charge in [-0.15, -0.1) is 6.58 Å². The lowest BCUT2D eigenvalue weighted by Crippen LogP contribution is -2.12. The lowest BCUT2D eigenvalue weighted by atomic mass is 9.83. The first-order valence-corrected chi connectivity index (χ1v) is 23.5. The van der Waals surface area contributed by atoms with E-state index in [0.717, 1.165) is 30.0 Å². The average Bonchev–Trinajstić information content (AvgIpc) is 3.93. The van der Waals surface area contributed by atoms with Gasteiger partial charge in [-0.1, -0.05) is 194 Å². The van der Waals surface area contributed by atoms with Gasteiger partial charge in [0.05, 0.1) is 22.4 Å². The predicted molar refractivity (Wildman–Crippen MR) is 291 cm³/mol. The standard InChI is InChI=1S/C54H39N3.C7H8N2.C3H6/c1-4-17-37(18-5-1)35-55-36-38-19-16-20-39(33-38)40-31-32-45-48(34-40)52-47-28-13-15-30-50(47)56(41-21-6-2-7-22-41)53(52)44-26-11-10-25-43(44)51-46-27-12-14-29-49(46)57(54(45)51)42-23-8-3-9-24-42;8-7(9)6-4-2-1-3-5-6;1-3-2/h1-34,55H,35-36H2;1-5H,(H3,8,9);3H,1H2,2H3. The lowest BCUT2D eigenvalue weighted by Gasteiger charge is -2.23. The van der Waals surface area contributed by atoms with Gasteiger partial charge < -0.3 is 20.2 Å². The summed E-state index contributed by atoms with van der Waals surface area (Å²) in [6.45, 7) is 6.87. The van der Waals surface area contributed by atoms with Crippen LogP contribution in [0.2, 0.25) is 0 Å². The van der Waals surface area contributed by atoms with E-state index in [2.05, 4.69) is 227 Å². The Morgan fingerprint density at radius 3 is 1.46 bits per heavy atom. The molecule has 69 heavy (non-hydrogen) atoms. The van der Waals surface area contributed by atoms with E-state index in [9.17, 15) is 0 Å². The van der Waals surface area contributed by atoms with E-state index < -0.39 is 0 Å². The number of aromatic nitrogens is 2. The van der Waals surface area contributed by atoms with E-state index in [1.807, 2.05) is 37.3 Å². The molecule has 12 rings (SSSR count). The summed E-state index contributed by atoms with van der Waals surface area (Å²) in [5.41, 5.74) is 25.4. The molecule has 2 heterocycles. The second kappa shape index (κ2) is 20.0. The van der Waals surface area contributed by atoms with Crippen molar-refractivity contribution in [2.24, 2.45) is 5.73 Å². The Kier molecular flexibility index (Phi) is 12.8. The van der Waals surface area contributed by atoms with Crippen LogP contribution >= 0.6 is 0 Å². The van der Waals surface area contributed by atoms with Crippen molar-refractivity contribution in [2.75, 3.05) is 0 Å². The largest absolute Gasteiger partial charge is 0.384 e. The summed E-state index contributed by atoms with van der Waals surface area (Å²) < 4.78 is 4.97. The van der Waals surface area contributed by atoms with Crippen LogP contribution in [-0.4, -0.2) is 15.0 Å². The van der Waals surface area contributed by atoms with Crippen LogP contribution in [0.4, 0.5) is 0 Å². The van der Waals surface area contributed by atoms with Crippen molar-refractivity contribution in [3.63, 3.8) is 0 Å². The molecule has 334 valence electrons. The number of para-hydroxylation sites is 4. The van der Waals surface area contributed by atoms with E-state index in [1.165, 1.54) is 88.8 Å². The third-order valence-electron chi connectivity index (χ3n) is 12.6. The predicted octanol–water partition coefficient (Wildman–Crippen LogP) is 15.7. The summed E-state index contributed by atoms with van der Waals surface area (Å²) in [5.74, 6) is 0.121. The molecule has 11 aromatic rings. The van der Waals surface area contributed by atoms with E-state index in [1.54, 1.807) is 6.08 Å². The fraction of sp³-hybridized carbons (Fsp3) is 0.0469. The van der Waals surface area contributed by atoms with Crippen LogP contribution in [0.1, 0.15) is 23.6 Å². The van der Waals surface area contributed by atoms with Gasteiger partial charge >= 0.3 is 0 Å². The molecule has 0 fully saturated rings. The molecule has 1 aliphatic carbocycles. The molecule has 1 aliphatic rings. The normalized spacial score (nSPS) is 11.0. The number of nitrogens with zero attached hydrogens (tertiary/aromatic N) is 2. The molecular weight excluding hydrogens is 839 g/mol. The highest BCUT2D eigenvalue weighted by molar-refractivity contribution is 6.17. The number of rotatable bonds is 8. The van der Waals surface area contributed by atoms with Crippen molar-refractivity contribution in [1.29, 1.82) is 5.41 Å². The Bertz CT molecular complexity index is 3530. The highest BCUT2D eigenvalue weighted by Crippen LogP contribution is 2.55. The van der Waals surface area contributed by atoms with Gasteiger partial charge in [0, 0.05) is 63.1 Å². The van der Waals surface area contributed by atoms with Gasteiger partial charge in [-0.05, 0) is 88.8 Å². The van der Waals surface area contributed by atoms with Gasteiger partial charge in [-0.25, -0.2) is 0 Å². The van der Waals surface area contributed by atoms with E-state index in [0.29, 0.717) is 0 Å². The maximum Gasteiger partial charge on any atom is 0.122 e. The maximum absolute atomic E-state index is 7.01.